The van der Waals surface area contributed by atoms with Crippen molar-refractivity contribution in [1.82, 2.24) is 25.5 Å². The Morgan fingerprint density at radius 1 is 1.27 bits per heavy atom. The van der Waals surface area contributed by atoms with Crippen molar-refractivity contribution in [2.45, 2.75) is 37.8 Å². The summed E-state index contributed by atoms with van der Waals surface area (Å²) in [4.78, 5) is 12.5. The topological polar surface area (TPSA) is 84.7 Å². The standard InChI is InChI=1S/C15H18N6O/c22-15(10-6-12-4-5-13(7-10)17-12)18-11-2-1-3-14(8-11)21-9-16-19-20-21/h1-3,8-10,12-13,17H,4-7H2,(H,18,22). The first-order chi connectivity index (χ1) is 10.8. The number of benzene rings is 1. The van der Waals surface area contributed by atoms with Gasteiger partial charge in [0.1, 0.15) is 6.33 Å². The summed E-state index contributed by atoms with van der Waals surface area (Å²) < 4.78 is 1.57. The summed E-state index contributed by atoms with van der Waals surface area (Å²) in [5, 5.41) is 17.7. The molecular formula is C15H18N6O. The zero-order chi connectivity index (χ0) is 14.9. The first kappa shape index (κ1) is 13.4. The molecule has 2 bridgehead atoms. The minimum Gasteiger partial charge on any atom is -0.326 e. The first-order valence-electron chi connectivity index (χ1n) is 7.68. The molecule has 114 valence electrons. The molecule has 22 heavy (non-hydrogen) atoms. The van der Waals surface area contributed by atoms with E-state index < -0.39 is 0 Å². The Kier molecular flexibility index (Phi) is 3.34. The average molecular weight is 298 g/mol. The predicted molar refractivity (Wildman–Crippen MR) is 80.5 cm³/mol. The fourth-order valence-electron chi connectivity index (χ4n) is 3.52. The largest absolute Gasteiger partial charge is 0.326 e. The molecule has 7 heteroatoms. The predicted octanol–water partition coefficient (Wildman–Crippen LogP) is 1.13. The molecule has 3 heterocycles. The van der Waals surface area contributed by atoms with Crippen molar-refractivity contribution in [1.29, 1.82) is 0 Å². The van der Waals surface area contributed by atoms with Crippen molar-refractivity contribution in [3.8, 4) is 5.69 Å². The number of hydrogen-bond acceptors (Lipinski definition) is 5. The highest BCUT2D eigenvalue weighted by atomic mass is 16.1. The molecule has 2 saturated heterocycles. The van der Waals surface area contributed by atoms with E-state index in [1.807, 2.05) is 24.3 Å². The van der Waals surface area contributed by atoms with Gasteiger partial charge in [-0.25, -0.2) is 4.68 Å². The molecular weight excluding hydrogens is 280 g/mol. The second-order valence-corrected chi connectivity index (χ2v) is 6.10. The number of aromatic nitrogens is 4. The van der Waals surface area contributed by atoms with Crippen LogP contribution in [-0.2, 0) is 4.79 Å². The van der Waals surface area contributed by atoms with Gasteiger partial charge in [-0.05, 0) is 54.3 Å². The maximum Gasteiger partial charge on any atom is 0.227 e. The maximum absolute atomic E-state index is 12.5. The van der Waals surface area contributed by atoms with Crippen LogP contribution in [0.1, 0.15) is 25.7 Å². The molecule has 0 radical (unpaired) electrons. The van der Waals surface area contributed by atoms with E-state index in [9.17, 15) is 4.79 Å². The van der Waals surface area contributed by atoms with Gasteiger partial charge in [0.15, 0.2) is 0 Å². The number of amides is 1. The SMILES string of the molecule is O=C(Nc1cccc(-n2cnnn2)c1)C1CC2CCC(C1)N2. The molecule has 1 aromatic heterocycles. The lowest BCUT2D eigenvalue weighted by Gasteiger charge is -2.28. The molecule has 0 spiro atoms. The van der Waals surface area contributed by atoms with Crippen LogP contribution in [0, 0.1) is 5.92 Å². The molecule has 0 saturated carbocycles. The van der Waals surface area contributed by atoms with Gasteiger partial charge in [0.05, 0.1) is 5.69 Å². The van der Waals surface area contributed by atoms with Crippen LogP contribution < -0.4 is 10.6 Å². The Labute approximate surface area is 128 Å². The van der Waals surface area contributed by atoms with Crippen LogP contribution >= 0.6 is 0 Å². The summed E-state index contributed by atoms with van der Waals surface area (Å²) in [5.41, 5.74) is 1.61. The zero-order valence-corrected chi connectivity index (χ0v) is 12.1. The summed E-state index contributed by atoms with van der Waals surface area (Å²) in [5.74, 6) is 0.225. The number of carbonyl (C=O) groups excluding carboxylic acids is 1. The highest BCUT2D eigenvalue weighted by Gasteiger charge is 2.36. The highest BCUT2D eigenvalue weighted by molar-refractivity contribution is 5.93. The second-order valence-electron chi connectivity index (χ2n) is 6.10. The highest BCUT2D eigenvalue weighted by Crippen LogP contribution is 2.31. The van der Waals surface area contributed by atoms with Crippen LogP contribution in [-0.4, -0.2) is 38.2 Å². The Morgan fingerprint density at radius 2 is 2.09 bits per heavy atom. The van der Waals surface area contributed by atoms with Crippen LogP contribution in [0.5, 0.6) is 0 Å². The molecule has 2 atom stereocenters. The molecule has 1 aromatic carbocycles. The van der Waals surface area contributed by atoms with Gasteiger partial charge in [0.25, 0.3) is 0 Å². The maximum atomic E-state index is 12.5. The summed E-state index contributed by atoms with van der Waals surface area (Å²) in [6.45, 7) is 0. The number of nitrogens with one attached hydrogen (secondary N) is 2. The van der Waals surface area contributed by atoms with E-state index in [0.29, 0.717) is 12.1 Å². The third kappa shape index (κ3) is 2.59. The molecule has 2 fully saturated rings. The van der Waals surface area contributed by atoms with Gasteiger partial charge >= 0.3 is 0 Å². The third-order valence-corrected chi connectivity index (χ3v) is 4.57. The van der Waals surface area contributed by atoms with Crippen LogP contribution in [0.4, 0.5) is 5.69 Å². The number of hydrogen-bond donors (Lipinski definition) is 2. The first-order valence-corrected chi connectivity index (χ1v) is 7.68. The van der Waals surface area contributed by atoms with Gasteiger partial charge in [-0.15, -0.1) is 5.10 Å². The van der Waals surface area contributed by atoms with Crippen molar-refractivity contribution in [3.05, 3.63) is 30.6 Å². The number of piperidine rings is 1. The van der Waals surface area contributed by atoms with E-state index in [4.69, 9.17) is 0 Å². The van der Waals surface area contributed by atoms with E-state index in [-0.39, 0.29) is 11.8 Å². The lowest BCUT2D eigenvalue weighted by Crippen LogP contribution is -2.42. The molecule has 2 N–H and O–H groups in total. The van der Waals surface area contributed by atoms with Gasteiger partial charge < -0.3 is 10.6 Å². The van der Waals surface area contributed by atoms with E-state index in [1.54, 1.807) is 4.68 Å². The van der Waals surface area contributed by atoms with Gasteiger partial charge in [0, 0.05) is 23.7 Å². The Morgan fingerprint density at radius 3 is 2.82 bits per heavy atom. The van der Waals surface area contributed by atoms with Gasteiger partial charge in [0.2, 0.25) is 5.91 Å². The molecule has 2 aromatic rings. The van der Waals surface area contributed by atoms with Crippen LogP contribution in [0.15, 0.2) is 30.6 Å². The van der Waals surface area contributed by atoms with Crippen molar-refractivity contribution < 1.29 is 4.79 Å². The fourth-order valence-corrected chi connectivity index (χ4v) is 3.52. The molecule has 4 rings (SSSR count). The van der Waals surface area contributed by atoms with Crippen LogP contribution in [0.2, 0.25) is 0 Å². The third-order valence-electron chi connectivity index (χ3n) is 4.57. The normalized spacial score (nSPS) is 26.8. The Balaban J connectivity index is 1.47. The van der Waals surface area contributed by atoms with Gasteiger partial charge in [-0.3, -0.25) is 4.79 Å². The molecule has 7 nitrogen and oxygen atoms in total. The Hall–Kier alpha value is -2.28. The summed E-state index contributed by atoms with van der Waals surface area (Å²) in [6, 6.07) is 8.59. The molecule has 2 aliphatic heterocycles. The van der Waals surface area contributed by atoms with Crippen molar-refractivity contribution in [3.63, 3.8) is 0 Å². The smallest absolute Gasteiger partial charge is 0.227 e. The minimum absolute atomic E-state index is 0.107. The van der Waals surface area contributed by atoms with Crippen LogP contribution in [0.25, 0.3) is 5.69 Å². The quantitative estimate of drug-likeness (QED) is 0.887. The summed E-state index contributed by atoms with van der Waals surface area (Å²) >= 11 is 0. The monoisotopic (exact) mass is 298 g/mol. The number of nitrogens with zero attached hydrogens (tertiary/aromatic N) is 4. The Bertz CT molecular complexity index is 658. The molecule has 2 aliphatic rings. The molecule has 2 unspecified atom stereocenters. The van der Waals surface area contributed by atoms with Crippen LogP contribution in [0.3, 0.4) is 0 Å². The zero-order valence-electron chi connectivity index (χ0n) is 12.1. The molecule has 1 amide bonds. The number of tetrazole rings is 1. The van der Waals surface area contributed by atoms with Crippen molar-refractivity contribution in [2.24, 2.45) is 5.92 Å². The van der Waals surface area contributed by atoms with Gasteiger partial charge in [-0.2, -0.15) is 0 Å². The molecule has 0 aliphatic carbocycles. The second kappa shape index (κ2) is 5.49. The summed E-state index contributed by atoms with van der Waals surface area (Å²) in [7, 11) is 0. The lowest BCUT2D eigenvalue weighted by molar-refractivity contribution is -0.121. The fraction of sp³-hybridized carbons (Fsp3) is 0.467. The van der Waals surface area contributed by atoms with Gasteiger partial charge in [-0.1, -0.05) is 6.07 Å². The van der Waals surface area contributed by atoms with E-state index in [0.717, 1.165) is 24.2 Å². The van der Waals surface area contributed by atoms with E-state index in [1.165, 1.54) is 19.2 Å². The number of fused-ring (bicyclic) bond motifs is 2. The number of carbonyl (C=O) groups is 1. The number of anilines is 1. The lowest BCUT2D eigenvalue weighted by atomic mass is 9.91. The van der Waals surface area contributed by atoms with Crippen molar-refractivity contribution >= 4 is 11.6 Å². The van der Waals surface area contributed by atoms with Crippen molar-refractivity contribution in [2.75, 3.05) is 5.32 Å². The summed E-state index contributed by atoms with van der Waals surface area (Å²) in [6.07, 6.45) is 5.81. The number of rotatable bonds is 3. The average Bonchev–Trinajstić information content (AvgIpc) is 3.17. The van der Waals surface area contributed by atoms with E-state index >= 15 is 0 Å². The minimum atomic E-state index is 0.107. The van der Waals surface area contributed by atoms with E-state index in [2.05, 4.69) is 26.2 Å².